The Morgan fingerprint density at radius 2 is 2.00 bits per heavy atom. The van der Waals surface area contributed by atoms with Gasteiger partial charge in [-0.1, -0.05) is 6.07 Å². The molecule has 0 saturated heterocycles. The van der Waals surface area contributed by atoms with E-state index in [-0.39, 0.29) is 47.1 Å². The minimum atomic E-state index is -4.49. The molecule has 0 fully saturated rings. The van der Waals surface area contributed by atoms with E-state index in [1.807, 2.05) is 6.92 Å². The molecule has 0 aliphatic rings. The molecule has 4 nitrogen and oxygen atoms in total. The molecule has 1 aromatic heterocycles. The highest BCUT2D eigenvalue weighted by Crippen LogP contribution is 2.30. The van der Waals surface area contributed by atoms with Crippen LogP contribution in [0.2, 0.25) is 0 Å². The van der Waals surface area contributed by atoms with Crippen LogP contribution in [-0.4, -0.2) is 17.5 Å². The van der Waals surface area contributed by atoms with E-state index in [0.717, 1.165) is 28.8 Å². The number of hydrogen-bond acceptors (Lipinski definition) is 3. The van der Waals surface area contributed by atoms with Gasteiger partial charge in [-0.3, -0.25) is 0 Å². The number of thiazole rings is 1. The monoisotopic (exact) mass is 520 g/mol. The Hall–Kier alpha value is -1.50. The van der Waals surface area contributed by atoms with Crippen molar-refractivity contribution in [2.75, 3.05) is 6.54 Å². The van der Waals surface area contributed by atoms with Gasteiger partial charge in [0.1, 0.15) is 16.6 Å². The van der Waals surface area contributed by atoms with E-state index in [9.17, 15) is 22.0 Å². The van der Waals surface area contributed by atoms with Gasteiger partial charge in [0.2, 0.25) is 0 Å². The topological polar surface area (TPSA) is 49.3 Å². The van der Waals surface area contributed by atoms with Crippen molar-refractivity contribution in [2.45, 2.75) is 32.6 Å². The molecule has 2 rings (SSSR count). The summed E-state index contributed by atoms with van der Waals surface area (Å²) >= 11 is 0.860. The number of hydrogen-bond donors (Lipinski definition) is 2. The Morgan fingerprint density at radius 1 is 1.30 bits per heavy atom. The van der Waals surface area contributed by atoms with Gasteiger partial charge in [-0.25, -0.2) is 18.8 Å². The first-order valence-corrected chi connectivity index (χ1v) is 8.60. The van der Waals surface area contributed by atoms with Crippen molar-refractivity contribution in [1.82, 2.24) is 15.6 Å². The number of benzene rings is 1. The zero-order valence-electron chi connectivity index (χ0n) is 14.4. The second kappa shape index (κ2) is 10.2. The summed E-state index contributed by atoms with van der Waals surface area (Å²) in [5.74, 6) is -1.09. The van der Waals surface area contributed by atoms with Crippen LogP contribution < -0.4 is 10.6 Å². The molecule has 0 saturated carbocycles. The maximum Gasteiger partial charge on any atom is 0.434 e. The fraction of sp³-hybridized carbons (Fsp3) is 0.375. The van der Waals surface area contributed by atoms with Crippen LogP contribution in [-0.2, 0) is 12.7 Å². The summed E-state index contributed by atoms with van der Waals surface area (Å²) in [6.07, 6.45) is -4.49. The molecule has 0 bridgehead atoms. The third-order valence-corrected chi connectivity index (χ3v) is 4.17. The fourth-order valence-corrected chi connectivity index (χ4v) is 2.84. The molecule has 0 aliphatic carbocycles. The Balaban J connectivity index is 0.00000364. The molecule has 150 valence electrons. The van der Waals surface area contributed by atoms with Gasteiger partial charge < -0.3 is 10.6 Å². The third kappa shape index (κ3) is 6.87. The third-order valence-electron chi connectivity index (χ3n) is 3.34. The van der Waals surface area contributed by atoms with Gasteiger partial charge >= 0.3 is 6.18 Å². The van der Waals surface area contributed by atoms with Crippen LogP contribution in [0.25, 0.3) is 0 Å². The number of halogens is 6. The van der Waals surface area contributed by atoms with Crippen LogP contribution in [0.1, 0.15) is 36.2 Å². The SMILES string of the molecule is CCNC(=NCc1nc(C(F)(F)F)cs1)NC(C)c1ccc(F)cc1F.I. The van der Waals surface area contributed by atoms with E-state index in [1.165, 1.54) is 6.07 Å². The summed E-state index contributed by atoms with van der Waals surface area (Å²) in [4.78, 5) is 7.67. The number of nitrogens with one attached hydrogen (secondary N) is 2. The minimum absolute atomic E-state index is 0. The Kier molecular flexibility index (Phi) is 8.85. The van der Waals surface area contributed by atoms with Crippen LogP contribution in [0.5, 0.6) is 0 Å². The highest BCUT2D eigenvalue weighted by atomic mass is 127. The second-order valence-electron chi connectivity index (χ2n) is 5.35. The van der Waals surface area contributed by atoms with E-state index in [2.05, 4.69) is 20.6 Å². The van der Waals surface area contributed by atoms with Gasteiger partial charge in [0, 0.05) is 23.6 Å². The molecule has 0 spiro atoms. The summed E-state index contributed by atoms with van der Waals surface area (Å²) in [7, 11) is 0. The fourth-order valence-electron chi connectivity index (χ4n) is 2.12. The van der Waals surface area contributed by atoms with Crippen molar-refractivity contribution in [3.8, 4) is 0 Å². The predicted molar refractivity (Wildman–Crippen MR) is 105 cm³/mol. The Bertz CT molecular complexity index is 778. The first-order chi connectivity index (χ1) is 12.2. The van der Waals surface area contributed by atoms with Gasteiger partial charge in [0.25, 0.3) is 0 Å². The standard InChI is InChI=1S/C16H17F5N4S.HI/c1-3-22-15(23-7-14-25-13(8-26-14)16(19,20)21)24-9(2)11-5-4-10(17)6-12(11)18;/h4-6,8-9H,3,7H2,1-2H3,(H2,22,23,24);1H. The maximum absolute atomic E-state index is 13.8. The zero-order valence-corrected chi connectivity index (χ0v) is 17.5. The van der Waals surface area contributed by atoms with Crippen molar-refractivity contribution >= 4 is 41.3 Å². The van der Waals surface area contributed by atoms with Crippen LogP contribution >= 0.6 is 35.3 Å². The van der Waals surface area contributed by atoms with E-state index >= 15 is 0 Å². The van der Waals surface area contributed by atoms with Crippen LogP contribution in [0, 0.1) is 11.6 Å². The number of aliphatic imine (C=N–C) groups is 1. The van der Waals surface area contributed by atoms with E-state index in [1.54, 1.807) is 6.92 Å². The second-order valence-corrected chi connectivity index (χ2v) is 6.29. The van der Waals surface area contributed by atoms with Gasteiger partial charge in [-0.05, 0) is 19.9 Å². The normalized spacial score (nSPS) is 13.1. The summed E-state index contributed by atoms with van der Waals surface area (Å²) in [6.45, 7) is 3.91. The molecule has 0 amide bonds. The highest BCUT2D eigenvalue weighted by Gasteiger charge is 2.33. The number of aromatic nitrogens is 1. The lowest BCUT2D eigenvalue weighted by Crippen LogP contribution is -2.39. The van der Waals surface area contributed by atoms with Gasteiger partial charge in [0.15, 0.2) is 11.7 Å². The number of rotatable bonds is 5. The number of guanidine groups is 1. The average molecular weight is 520 g/mol. The molecule has 0 radical (unpaired) electrons. The van der Waals surface area contributed by atoms with Crippen LogP contribution in [0.4, 0.5) is 22.0 Å². The van der Waals surface area contributed by atoms with E-state index in [4.69, 9.17) is 0 Å². The van der Waals surface area contributed by atoms with Crippen molar-refractivity contribution in [1.29, 1.82) is 0 Å². The van der Waals surface area contributed by atoms with Crippen molar-refractivity contribution in [3.05, 3.63) is 51.5 Å². The van der Waals surface area contributed by atoms with Crippen LogP contribution in [0.3, 0.4) is 0 Å². The van der Waals surface area contributed by atoms with Gasteiger partial charge in [0.05, 0.1) is 12.6 Å². The van der Waals surface area contributed by atoms with Crippen molar-refractivity contribution in [2.24, 2.45) is 4.99 Å². The smallest absolute Gasteiger partial charge is 0.357 e. The lowest BCUT2D eigenvalue weighted by atomic mass is 10.1. The molecule has 1 atom stereocenters. The number of nitrogens with zero attached hydrogens (tertiary/aromatic N) is 2. The zero-order chi connectivity index (χ0) is 19.3. The lowest BCUT2D eigenvalue weighted by Gasteiger charge is -2.18. The first kappa shape index (κ1) is 23.5. The molecule has 1 heterocycles. The quantitative estimate of drug-likeness (QED) is 0.256. The summed E-state index contributed by atoms with van der Waals surface area (Å²) in [6, 6.07) is 2.72. The molecule has 1 aromatic carbocycles. The maximum atomic E-state index is 13.8. The average Bonchev–Trinajstić information content (AvgIpc) is 3.02. The van der Waals surface area contributed by atoms with E-state index in [0.29, 0.717) is 6.54 Å². The Labute approximate surface area is 174 Å². The van der Waals surface area contributed by atoms with Crippen molar-refractivity contribution < 1.29 is 22.0 Å². The van der Waals surface area contributed by atoms with Crippen LogP contribution in [0.15, 0.2) is 28.6 Å². The molecular weight excluding hydrogens is 502 g/mol. The Morgan fingerprint density at radius 3 is 2.56 bits per heavy atom. The molecule has 27 heavy (non-hydrogen) atoms. The molecule has 2 N–H and O–H groups in total. The molecular formula is C16H18F5IN4S. The summed E-state index contributed by atoms with van der Waals surface area (Å²) in [5.41, 5.74) is -0.710. The molecule has 0 aliphatic heterocycles. The highest BCUT2D eigenvalue weighted by molar-refractivity contribution is 14.0. The first-order valence-electron chi connectivity index (χ1n) is 7.72. The summed E-state index contributed by atoms with van der Waals surface area (Å²) < 4.78 is 64.6. The number of alkyl halides is 3. The largest absolute Gasteiger partial charge is 0.434 e. The molecule has 1 unspecified atom stereocenters. The minimum Gasteiger partial charge on any atom is -0.357 e. The molecule has 2 aromatic rings. The predicted octanol–water partition coefficient (Wildman–Crippen LogP) is 4.87. The lowest BCUT2D eigenvalue weighted by molar-refractivity contribution is -0.140. The summed E-state index contributed by atoms with van der Waals surface area (Å²) in [5, 5.41) is 6.99. The van der Waals surface area contributed by atoms with Gasteiger partial charge in [-0.2, -0.15) is 13.2 Å². The van der Waals surface area contributed by atoms with Crippen molar-refractivity contribution in [3.63, 3.8) is 0 Å². The van der Waals surface area contributed by atoms with Gasteiger partial charge in [-0.15, -0.1) is 35.3 Å². The van der Waals surface area contributed by atoms with E-state index < -0.39 is 29.5 Å². The molecule has 11 heteroatoms.